The van der Waals surface area contributed by atoms with Crippen molar-refractivity contribution in [3.63, 3.8) is 0 Å². The van der Waals surface area contributed by atoms with E-state index < -0.39 is 10.3 Å². The molecule has 168 valence electrons. The van der Waals surface area contributed by atoms with E-state index in [-0.39, 0.29) is 41.2 Å². The number of nitrogens with zero attached hydrogens (tertiary/aromatic N) is 2. The van der Waals surface area contributed by atoms with Crippen LogP contribution in [0.5, 0.6) is 11.5 Å². The van der Waals surface area contributed by atoms with Crippen LogP contribution in [-0.4, -0.2) is 28.8 Å². The Morgan fingerprint density at radius 2 is 1.79 bits per heavy atom. The molecule has 1 unspecified atom stereocenters. The second kappa shape index (κ2) is 9.12. The molecule has 1 aliphatic carbocycles. The monoisotopic (exact) mass is 445 g/mol. The van der Waals surface area contributed by atoms with Gasteiger partial charge in [-0.3, -0.25) is 14.9 Å². The molecule has 2 N–H and O–H groups in total. The Morgan fingerprint density at radius 3 is 2.33 bits per heavy atom. The predicted molar refractivity (Wildman–Crippen MR) is 123 cm³/mol. The number of phenols is 1. The average Bonchev–Trinajstić information content (AvgIpc) is 3.59. The van der Waals surface area contributed by atoms with Gasteiger partial charge in [0, 0.05) is 17.0 Å². The van der Waals surface area contributed by atoms with Crippen molar-refractivity contribution >= 4 is 17.8 Å². The highest BCUT2D eigenvalue weighted by atomic mass is 16.6. The normalized spacial score (nSPS) is 16.3. The molecule has 1 atom stereocenters. The maximum absolute atomic E-state index is 13.0. The van der Waals surface area contributed by atoms with Crippen molar-refractivity contribution in [3.05, 3.63) is 99.6 Å². The van der Waals surface area contributed by atoms with E-state index in [1.807, 2.05) is 60.7 Å². The van der Waals surface area contributed by atoms with Crippen LogP contribution in [-0.2, 0) is 10.2 Å². The quantitative estimate of drug-likeness (QED) is 0.307. The molecule has 1 saturated carbocycles. The summed E-state index contributed by atoms with van der Waals surface area (Å²) in [6.45, 7) is 1.93. The third kappa shape index (κ3) is 4.27. The van der Waals surface area contributed by atoms with Gasteiger partial charge in [-0.15, -0.1) is 0 Å². The van der Waals surface area contributed by atoms with E-state index in [1.54, 1.807) is 6.92 Å². The van der Waals surface area contributed by atoms with Gasteiger partial charge in [0.2, 0.25) is 5.91 Å². The number of ether oxygens (including phenoxy) is 1. The summed E-state index contributed by atoms with van der Waals surface area (Å²) in [5, 5.41) is 25.5. The van der Waals surface area contributed by atoms with Crippen LogP contribution in [0.25, 0.3) is 0 Å². The van der Waals surface area contributed by atoms with Crippen molar-refractivity contribution in [3.8, 4) is 11.5 Å². The highest BCUT2D eigenvalue weighted by Crippen LogP contribution is 2.58. The van der Waals surface area contributed by atoms with Gasteiger partial charge in [0.05, 0.1) is 29.7 Å². The Kier molecular flexibility index (Phi) is 6.08. The van der Waals surface area contributed by atoms with Crippen LogP contribution in [0, 0.1) is 16.0 Å². The number of nitrogens with one attached hydrogen (secondary N) is 1. The zero-order chi connectivity index (χ0) is 23.4. The molecule has 3 aromatic carbocycles. The molecular weight excluding hydrogens is 422 g/mol. The molecule has 0 aliphatic heterocycles. The third-order valence-electron chi connectivity index (χ3n) is 5.83. The highest BCUT2D eigenvalue weighted by Gasteiger charge is 2.60. The standard InChI is InChI=1S/C25H23N3O5/c1-2-33-22-14-20(28(31)32)13-17(23(22)29)16-26-27-24(30)21-15-25(21,18-9-5-3-6-10-18)19-11-7-4-8-12-19/h3-14,16,21,29H,2,15H2,1H3,(H,27,30)/b26-16+. The summed E-state index contributed by atoms with van der Waals surface area (Å²) in [6, 6.07) is 22.0. The van der Waals surface area contributed by atoms with Gasteiger partial charge in [0.1, 0.15) is 0 Å². The van der Waals surface area contributed by atoms with Crippen molar-refractivity contribution in [2.24, 2.45) is 11.0 Å². The van der Waals surface area contributed by atoms with Gasteiger partial charge >= 0.3 is 0 Å². The summed E-state index contributed by atoms with van der Waals surface area (Å²) in [7, 11) is 0. The van der Waals surface area contributed by atoms with Crippen LogP contribution >= 0.6 is 0 Å². The molecule has 0 radical (unpaired) electrons. The molecule has 0 bridgehead atoms. The van der Waals surface area contributed by atoms with Gasteiger partial charge < -0.3 is 9.84 Å². The minimum Gasteiger partial charge on any atom is -0.504 e. The number of carbonyl (C=O) groups is 1. The summed E-state index contributed by atoms with van der Waals surface area (Å²) in [6.07, 6.45) is 1.82. The number of rotatable bonds is 8. The van der Waals surface area contributed by atoms with E-state index in [2.05, 4.69) is 10.5 Å². The first-order valence-electron chi connectivity index (χ1n) is 10.6. The Labute approximate surface area is 190 Å². The first-order valence-corrected chi connectivity index (χ1v) is 10.6. The Balaban J connectivity index is 1.56. The molecule has 1 fully saturated rings. The number of amides is 1. The van der Waals surface area contributed by atoms with E-state index in [9.17, 15) is 20.0 Å². The molecule has 4 rings (SSSR count). The van der Waals surface area contributed by atoms with E-state index in [1.165, 1.54) is 12.3 Å². The van der Waals surface area contributed by atoms with E-state index >= 15 is 0 Å². The summed E-state index contributed by atoms with van der Waals surface area (Å²) < 4.78 is 5.27. The molecule has 0 spiro atoms. The second-order valence-electron chi connectivity index (χ2n) is 7.77. The maximum atomic E-state index is 13.0. The van der Waals surface area contributed by atoms with E-state index in [0.29, 0.717) is 6.42 Å². The minimum absolute atomic E-state index is 0.0196. The van der Waals surface area contributed by atoms with Gasteiger partial charge in [-0.05, 0) is 24.5 Å². The lowest BCUT2D eigenvalue weighted by Crippen LogP contribution is -2.25. The number of phenolic OH excluding ortho intramolecular Hbond substituents is 1. The molecule has 33 heavy (non-hydrogen) atoms. The maximum Gasteiger partial charge on any atom is 0.274 e. The fraction of sp³-hybridized carbons (Fsp3) is 0.200. The Bertz CT molecular complexity index is 1160. The highest BCUT2D eigenvalue weighted by molar-refractivity contribution is 5.89. The number of aromatic hydroxyl groups is 1. The van der Waals surface area contributed by atoms with Gasteiger partial charge in [0.15, 0.2) is 11.5 Å². The first-order chi connectivity index (χ1) is 16.0. The van der Waals surface area contributed by atoms with Gasteiger partial charge in [-0.2, -0.15) is 5.10 Å². The van der Waals surface area contributed by atoms with Crippen LogP contribution < -0.4 is 10.2 Å². The lowest BCUT2D eigenvalue weighted by atomic mass is 9.85. The minimum atomic E-state index is -0.587. The topological polar surface area (TPSA) is 114 Å². The van der Waals surface area contributed by atoms with E-state index in [0.717, 1.165) is 17.2 Å². The van der Waals surface area contributed by atoms with Crippen LogP contribution in [0.1, 0.15) is 30.0 Å². The number of hydrazone groups is 1. The van der Waals surface area contributed by atoms with Crippen molar-refractivity contribution in [2.45, 2.75) is 18.8 Å². The first kappa shape index (κ1) is 22.0. The van der Waals surface area contributed by atoms with Gasteiger partial charge in [0.25, 0.3) is 5.69 Å². The van der Waals surface area contributed by atoms with E-state index in [4.69, 9.17) is 4.74 Å². The second-order valence-corrected chi connectivity index (χ2v) is 7.77. The lowest BCUT2D eigenvalue weighted by Gasteiger charge is -2.18. The Hall–Kier alpha value is -4.20. The zero-order valence-electron chi connectivity index (χ0n) is 18.0. The molecule has 0 aromatic heterocycles. The smallest absolute Gasteiger partial charge is 0.274 e. The predicted octanol–water partition coefficient (Wildman–Crippen LogP) is 4.16. The summed E-state index contributed by atoms with van der Waals surface area (Å²) in [5.41, 5.74) is 4.02. The summed E-state index contributed by atoms with van der Waals surface area (Å²) in [5.74, 6) is -0.894. The van der Waals surface area contributed by atoms with Crippen molar-refractivity contribution in [1.29, 1.82) is 0 Å². The Morgan fingerprint density at radius 1 is 1.18 bits per heavy atom. The summed E-state index contributed by atoms with van der Waals surface area (Å²) >= 11 is 0. The number of hydrogen-bond donors (Lipinski definition) is 2. The summed E-state index contributed by atoms with van der Waals surface area (Å²) in [4.78, 5) is 23.6. The number of non-ortho nitro benzene ring substituents is 1. The molecule has 1 aliphatic rings. The van der Waals surface area contributed by atoms with Crippen molar-refractivity contribution in [1.82, 2.24) is 5.43 Å². The van der Waals surface area contributed by atoms with Crippen LogP contribution in [0.15, 0.2) is 77.9 Å². The van der Waals surface area contributed by atoms with Gasteiger partial charge in [-0.25, -0.2) is 5.43 Å². The van der Waals surface area contributed by atoms with Crippen LogP contribution in [0.4, 0.5) is 5.69 Å². The third-order valence-corrected chi connectivity index (χ3v) is 5.83. The number of nitro benzene ring substituents is 1. The van der Waals surface area contributed by atoms with Crippen LogP contribution in [0.3, 0.4) is 0 Å². The van der Waals surface area contributed by atoms with Crippen LogP contribution in [0.2, 0.25) is 0 Å². The molecule has 8 nitrogen and oxygen atoms in total. The zero-order valence-corrected chi connectivity index (χ0v) is 18.0. The largest absolute Gasteiger partial charge is 0.504 e. The number of benzene rings is 3. The SMILES string of the molecule is CCOc1cc([N+](=O)[O-])cc(/C=N/NC(=O)C2CC2(c2ccccc2)c2ccccc2)c1O. The van der Waals surface area contributed by atoms with Crippen molar-refractivity contribution < 1.29 is 19.6 Å². The fourth-order valence-electron chi connectivity index (χ4n) is 4.18. The molecular formula is C25H23N3O5. The molecule has 3 aromatic rings. The van der Waals surface area contributed by atoms with Gasteiger partial charge in [-0.1, -0.05) is 60.7 Å². The number of carbonyl (C=O) groups excluding carboxylic acids is 1. The number of hydrogen-bond acceptors (Lipinski definition) is 6. The number of nitro groups is 1. The molecule has 1 amide bonds. The molecule has 0 saturated heterocycles. The average molecular weight is 445 g/mol. The van der Waals surface area contributed by atoms with Crippen molar-refractivity contribution in [2.75, 3.05) is 6.61 Å². The fourth-order valence-corrected chi connectivity index (χ4v) is 4.18. The molecule has 8 heteroatoms. The molecule has 0 heterocycles. The lowest BCUT2D eigenvalue weighted by molar-refractivity contribution is -0.385.